The predicted octanol–water partition coefficient (Wildman–Crippen LogP) is 0.0816. The Morgan fingerprint density at radius 3 is 2.30 bits per heavy atom. The number of nitrogens with zero attached hydrogens (tertiary/aromatic N) is 1. The standard InChI is InChI=1S/C16H29AsN2O3S/c1-13(2)11-19(15(12-20)5-3-4-10-18)23(21,22)16-8-6-14(17)7-9-16/h6-9,13,15,20H,3-5,10-12,17-18H2,1-2H3/t15-/m0/s1. The van der Waals surface area contributed by atoms with Crippen LogP contribution in [-0.2, 0) is 10.0 Å². The van der Waals surface area contributed by atoms with Crippen molar-refractivity contribution in [2.75, 3.05) is 19.7 Å². The van der Waals surface area contributed by atoms with Crippen LogP contribution in [0.3, 0.4) is 0 Å². The number of aliphatic hydroxyl groups excluding tert-OH is 1. The summed E-state index contributed by atoms with van der Waals surface area (Å²) in [5.41, 5.74) is 5.51. The summed E-state index contributed by atoms with van der Waals surface area (Å²) in [5.74, 6) is 0.183. The molecule has 0 amide bonds. The van der Waals surface area contributed by atoms with E-state index in [-0.39, 0.29) is 17.4 Å². The molecule has 0 fully saturated rings. The molecule has 0 saturated carbocycles. The van der Waals surface area contributed by atoms with E-state index in [2.05, 4.69) is 0 Å². The van der Waals surface area contributed by atoms with Crippen LogP contribution in [0.25, 0.3) is 0 Å². The van der Waals surface area contributed by atoms with Crippen LogP contribution in [0.2, 0.25) is 0 Å². The Hall–Kier alpha value is -0.392. The van der Waals surface area contributed by atoms with E-state index in [0.717, 1.165) is 17.2 Å². The van der Waals surface area contributed by atoms with Crippen LogP contribution in [-0.4, -0.2) is 60.4 Å². The fraction of sp³-hybridized carbons (Fsp3) is 0.625. The first-order valence-electron chi connectivity index (χ1n) is 8.01. The summed E-state index contributed by atoms with van der Waals surface area (Å²) in [5, 5.41) is 9.73. The normalized spacial score (nSPS) is 13.7. The zero-order valence-corrected chi connectivity index (χ0v) is 17.2. The molecular formula is C16H29AsN2O3S. The molecule has 5 nitrogen and oxygen atoms in total. The minimum absolute atomic E-state index is 0.175. The molecule has 0 aromatic heterocycles. The molecule has 0 aliphatic carbocycles. The Morgan fingerprint density at radius 1 is 1.22 bits per heavy atom. The minimum atomic E-state index is -3.61. The van der Waals surface area contributed by atoms with Crippen LogP contribution in [0.1, 0.15) is 33.1 Å². The summed E-state index contributed by atoms with van der Waals surface area (Å²) < 4.78 is 28.6. The molecule has 0 radical (unpaired) electrons. The third kappa shape index (κ3) is 6.20. The zero-order chi connectivity index (χ0) is 17.5. The van der Waals surface area contributed by atoms with Gasteiger partial charge >= 0.3 is 149 Å². The van der Waals surface area contributed by atoms with Gasteiger partial charge in [-0.15, -0.1) is 0 Å². The van der Waals surface area contributed by atoms with Crippen molar-refractivity contribution in [2.45, 2.75) is 44.0 Å². The topological polar surface area (TPSA) is 83.6 Å². The van der Waals surface area contributed by atoms with Crippen LogP contribution in [0.15, 0.2) is 29.2 Å². The molecule has 2 atom stereocenters. The number of aliphatic hydroxyl groups is 1. The molecule has 1 aromatic rings. The van der Waals surface area contributed by atoms with E-state index in [1.165, 1.54) is 21.2 Å². The van der Waals surface area contributed by atoms with E-state index in [4.69, 9.17) is 5.73 Å². The van der Waals surface area contributed by atoms with Crippen LogP contribution in [0, 0.1) is 5.92 Å². The number of sulfonamides is 1. The van der Waals surface area contributed by atoms with E-state index in [9.17, 15) is 13.5 Å². The van der Waals surface area contributed by atoms with Gasteiger partial charge in [0.2, 0.25) is 0 Å². The first-order valence-corrected chi connectivity index (χ1v) is 10.7. The van der Waals surface area contributed by atoms with Crippen molar-refractivity contribution in [2.24, 2.45) is 11.7 Å². The average molecular weight is 404 g/mol. The van der Waals surface area contributed by atoms with Crippen LogP contribution in [0.4, 0.5) is 0 Å². The molecule has 7 heteroatoms. The van der Waals surface area contributed by atoms with E-state index in [1.807, 2.05) is 26.0 Å². The van der Waals surface area contributed by atoms with E-state index in [1.54, 1.807) is 12.1 Å². The van der Waals surface area contributed by atoms with Crippen LogP contribution >= 0.6 is 0 Å². The van der Waals surface area contributed by atoms with Crippen molar-refractivity contribution >= 4 is 31.2 Å². The molecule has 0 bridgehead atoms. The van der Waals surface area contributed by atoms with Gasteiger partial charge in [-0.2, -0.15) is 0 Å². The summed E-state index contributed by atoms with van der Waals surface area (Å²) in [6.45, 7) is 4.76. The van der Waals surface area contributed by atoms with Gasteiger partial charge in [0, 0.05) is 0 Å². The molecule has 3 N–H and O–H groups in total. The Bertz CT molecular complexity index is 561. The van der Waals surface area contributed by atoms with E-state index >= 15 is 0 Å². The quantitative estimate of drug-likeness (QED) is 0.428. The van der Waals surface area contributed by atoms with Gasteiger partial charge in [-0.25, -0.2) is 0 Å². The van der Waals surface area contributed by atoms with Gasteiger partial charge in [-0.1, -0.05) is 0 Å². The summed E-state index contributed by atoms with van der Waals surface area (Å²) in [4.78, 5) is 0.289. The summed E-state index contributed by atoms with van der Waals surface area (Å²) in [6.07, 6.45) is 2.26. The first-order chi connectivity index (χ1) is 10.8. The molecule has 1 unspecified atom stereocenters. The molecule has 132 valence electrons. The molecule has 0 heterocycles. The number of hydrogen-bond donors (Lipinski definition) is 2. The fourth-order valence-corrected chi connectivity index (χ4v) is 4.64. The molecular weight excluding hydrogens is 375 g/mol. The monoisotopic (exact) mass is 404 g/mol. The van der Waals surface area contributed by atoms with Crippen LogP contribution < -0.4 is 10.1 Å². The second-order valence-electron chi connectivity index (χ2n) is 6.16. The van der Waals surface area contributed by atoms with E-state index in [0.29, 0.717) is 19.5 Å². The fourth-order valence-electron chi connectivity index (χ4n) is 2.43. The van der Waals surface area contributed by atoms with Crippen molar-refractivity contribution in [1.82, 2.24) is 4.31 Å². The molecule has 0 saturated heterocycles. The third-order valence-corrected chi connectivity index (χ3v) is 6.38. The Kier molecular flexibility index (Phi) is 8.80. The van der Waals surface area contributed by atoms with Crippen molar-refractivity contribution in [3.05, 3.63) is 24.3 Å². The molecule has 0 aliphatic rings. The number of nitrogens with two attached hydrogens (primary N) is 1. The first kappa shape index (κ1) is 20.7. The Labute approximate surface area is 148 Å². The number of benzene rings is 1. The van der Waals surface area contributed by atoms with Crippen LogP contribution in [0.5, 0.6) is 0 Å². The van der Waals surface area contributed by atoms with Gasteiger partial charge in [0.15, 0.2) is 0 Å². The maximum absolute atomic E-state index is 13.0. The van der Waals surface area contributed by atoms with Crippen molar-refractivity contribution in [3.8, 4) is 0 Å². The van der Waals surface area contributed by atoms with Gasteiger partial charge in [0.05, 0.1) is 0 Å². The Morgan fingerprint density at radius 2 is 1.83 bits per heavy atom. The van der Waals surface area contributed by atoms with Crippen molar-refractivity contribution < 1.29 is 13.5 Å². The second kappa shape index (κ2) is 9.80. The van der Waals surface area contributed by atoms with E-state index < -0.39 is 16.1 Å². The van der Waals surface area contributed by atoms with Gasteiger partial charge in [0.25, 0.3) is 0 Å². The van der Waals surface area contributed by atoms with Gasteiger partial charge in [-0.3, -0.25) is 0 Å². The zero-order valence-electron chi connectivity index (χ0n) is 14.0. The second-order valence-corrected chi connectivity index (χ2v) is 9.45. The van der Waals surface area contributed by atoms with Gasteiger partial charge < -0.3 is 0 Å². The predicted molar refractivity (Wildman–Crippen MR) is 97.1 cm³/mol. The summed E-state index contributed by atoms with van der Waals surface area (Å²) >= 11 is 1.46. The molecule has 23 heavy (non-hydrogen) atoms. The molecule has 1 rings (SSSR count). The summed E-state index contributed by atoms with van der Waals surface area (Å²) in [7, 11) is -3.61. The number of unbranched alkanes of at least 4 members (excludes halogenated alkanes) is 1. The van der Waals surface area contributed by atoms with Crippen molar-refractivity contribution in [3.63, 3.8) is 0 Å². The molecule has 0 spiro atoms. The number of hydrogen-bond acceptors (Lipinski definition) is 4. The maximum atomic E-state index is 13.0. The SMILES string of the molecule is CC(C)CN([C@H](CO)CCCCN)S(=O)(=O)c1ccc([AsH2])cc1. The molecule has 1 aromatic carbocycles. The molecule has 0 aliphatic heterocycles. The Balaban J connectivity index is 3.09. The number of rotatable bonds is 10. The van der Waals surface area contributed by atoms with Gasteiger partial charge in [-0.05, 0) is 0 Å². The third-order valence-electron chi connectivity index (χ3n) is 3.64. The van der Waals surface area contributed by atoms with Gasteiger partial charge in [0.1, 0.15) is 0 Å². The average Bonchev–Trinajstić information content (AvgIpc) is 2.50. The summed E-state index contributed by atoms with van der Waals surface area (Å²) in [6, 6.07) is 6.53. The van der Waals surface area contributed by atoms with Crippen molar-refractivity contribution in [1.29, 1.82) is 0 Å².